The minimum atomic E-state index is -1.24. The standard InChI is InChI=1S/C17H14O4/c1-11-6-5-9-13-15(11)16(20)21-17(13,10-14(18)19)12-7-3-2-4-8-12/h2-9H,10H2,1H3,(H,18,19). The molecule has 0 saturated heterocycles. The first-order valence-electron chi connectivity index (χ1n) is 6.65. The fourth-order valence-electron chi connectivity index (χ4n) is 2.91. The molecular formula is C17H14O4. The summed E-state index contributed by atoms with van der Waals surface area (Å²) >= 11 is 0. The second-order valence-electron chi connectivity index (χ2n) is 5.15. The van der Waals surface area contributed by atoms with Gasteiger partial charge in [-0.25, -0.2) is 4.79 Å². The van der Waals surface area contributed by atoms with Crippen molar-refractivity contribution in [3.05, 3.63) is 70.8 Å². The van der Waals surface area contributed by atoms with Crippen LogP contribution < -0.4 is 0 Å². The molecular weight excluding hydrogens is 268 g/mol. The topological polar surface area (TPSA) is 63.6 Å². The monoisotopic (exact) mass is 282 g/mol. The molecule has 1 aliphatic rings. The van der Waals surface area contributed by atoms with Crippen LogP contribution in [0.15, 0.2) is 48.5 Å². The summed E-state index contributed by atoms with van der Waals surface area (Å²) < 4.78 is 5.58. The number of hydrogen-bond donors (Lipinski definition) is 1. The molecule has 1 aliphatic heterocycles. The van der Waals surface area contributed by atoms with E-state index in [1.165, 1.54) is 0 Å². The maximum absolute atomic E-state index is 12.2. The number of rotatable bonds is 3. The summed E-state index contributed by atoms with van der Waals surface area (Å²) in [6.07, 6.45) is -0.292. The van der Waals surface area contributed by atoms with Gasteiger partial charge in [0.1, 0.15) is 0 Å². The fraction of sp³-hybridized carbons (Fsp3) is 0.176. The van der Waals surface area contributed by atoms with Crippen LogP contribution in [0.25, 0.3) is 0 Å². The Morgan fingerprint density at radius 2 is 1.86 bits per heavy atom. The molecule has 0 saturated carbocycles. The lowest BCUT2D eigenvalue weighted by atomic mass is 9.82. The van der Waals surface area contributed by atoms with Gasteiger partial charge in [-0.2, -0.15) is 0 Å². The molecule has 0 amide bonds. The highest BCUT2D eigenvalue weighted by atomic mass is 16.6. The van der Waals surface area contributed by atoms with Crippen LogP contribution in [0.4, 0.5) is 0 Å². The van der Waals surface area contributed by atoms with E-state index < -0.39 is 17.5 Å². The van der Waals surface area contributed by atoms with Crippen LogP contribution in [-0.2, 0) is 15.1 Å². The number of cyclic esters (lactones) is 1. The maximum atomic E-state index is 12.2. The largest absolute Gasteiger partial charge is 0.481 e. The van der Waals surface area contributed by atoms with Gasteiger partial charge >= 0.3 is 11.9 Å². The number of esters is 1. The second-order valence-corrected chi connectivity index (χ2v) is 5.15. The first-order valence-corrected chi connectivity index (χ1v) is 6.65. The van der Waals surface area contributed by atoms with E-state index in [9.17, 15) is 14.7 Å². The molecule has 4 heteroatoms. The van der Waals surface area contributed by atoms with Crippen molar-refractivity contribution in [2.75, 3.05) is 0 Å². The summed E-state index contributed by atoms with van der Waals surface area (Å²) in [5.74, 6) is -1.48. The highest BCUT2D eigenvalue weighted by Gasteiger charge is 2.49. The van der Waals surface area contributed by atoms with Gasteiger partial charge in [-0.05, 0) is 12.5 Å². The minimum absolute atomic E-state index is 0.292. The van der Waals surface area contributed by atoms with Crippen molar-refractivity contribution in [2.24, 2.45) is 0 Å². The van der Waals surface area contributed by atoms with E-state index in [1.807, 2.05) is 25.1 Å². The van der Waals surface area contributed by atoms with Crippen LogP contribution in [0, 0.1) is 6.92 Å². The Morgan fingerprint density at radius 3 is 2.52 bits per heavy atom. The molecule has 4 nitrogen and oxygen atoms in total. The lowest BCUT2D eigenvalue weighted by molar-refractivity contribution is -0.141. The molecule has 0 fully saturated rings. The molecule has 2 aromatic carbocycles. The number of carbonyl (C=O) groups is 2. The number of aryl methyl sites for hydroxylation is 1. The molecule has 106 valence electrons. The zero-order valence-electron chi connectivity index (χ0n) is 11.5. The van der Waals surface area contributed by atoms with Gasteiger partial charge in [0.2, 0.25) is 0 Å². The molecule has 21 heavy (non-hydrogen) atoms. The maximum Gasteiger partial charge on any atom is 0.340 e. The lowest BCUT2D eigenvalue weighted by Gasteiger charge is -2.27. The Labute approximate surface area is 122 Å². The normalized spacial score (nSPS) is 20.0. The number of carboxylic acid groups (broad SMARTS) is 1. The summed E-state index contributed by atoms with van der Waals surface area (Å²) in [4.78, 5) is 23.6. The first-order chi connectivity index (χ1) is 10.0. The quantitative estimate of drug-likeness (QED) is 0.879. The van der Waals surface area contributed by atoms with E-state index in [0.29, 0.717) is 16.7 Å². The van der Waals surface area contributed by atoms with Gasteiger partial charge in [0.05, 0.1) is 12.0 Å². The van der Waals surface area contributed by atoms with Crippen molar-refractivity contribution >= 4 is 11.9 Å². The Bertz CT molecular complexity index is 721. The number of aliphatic carboxylic acids is 1. The predicted octanol–water partition coefficient (Wildman–Crippen LogP) is 2.88. The highest BCUT2D eigenvalue weighted by molar-refractivity contribution is 5.97. The van der Waals surface area contributed by atoms with Crippen molar-refractivity contribution in [3.63, 3.8) is 0 Å². The molecule has 0 radical (unpaired) electrons. The molecule has 0 aliphatic carbocycles. The van der Waals surface area contributed by atoms with Crippen molar-refractivity contribution in [1.29, 1.82) is 0 Å². The molecule has 0 spiro atoms. The zero-order valence-corrected chi connectivity index (χ0v) is 11.5. The summed E-state index contributed by atoms with van der Waals surface area (Å²) in [5.41, 5.74) is 1.32. The number of carbonyl (C=O) groups excluding carboxylic acids is 1. The van der Waals surface area contributed by atoms with Gasteiger partial charge in [-0.3, -0.25) is 4.79 Å². The van der Waals surface area contributed by atoms with Crippen LogP contribution in [0.2, 0.25) is 0 Å². The molecule has 1 N–H and O–H groups in total. The molecule has 3 rings (SSSR count). The number of ether oxygens (including phenoxy) is 1. The van der Waals surface area contributed by atoms with Crippen LogP contribution in [-0.4, -0.2) is 17.0 Å². The van der Waals surface area contributed by atoms with Crippen molar-refractivity contribution in [1.82, 2.24) is 0 Å². The Morgan fingerprint density at radius 1 is 1.14 bits per heavy atom. The number of hydrogen-bond acceptors (Lipinski definition) is 3. The fourth-order valence-corrected chi connectivity index (χ4v) is 2.91. The van der Waals surface area contributed by atoms with Crippen LogP contribution in [0.3, 0.4) is 0 Å². The minimum Gasteiger partial charge on any atom is -0.481 e. The third kappa shape index (κ3) is 2.00. The Hall–Kier alpha value is -2.62. The van der Waals surface area contributed by atoms with Gasteiger partial charge < -0.3 is 9.84 Å². The number of fused-ring (bicyclic) bond motifs is 1. The zero-order chi connectivity index (χ0) is 15.0. The van der Waals surface area contributed by atoms with Crippen molar-refractivity contribution in [3.8, 4) is 0 Å². The van der Waals surface area contributed by atoms with E-state index in [0.717, 1.165) is 5.56 Å². The van der Waals surface area contributed by atoms with E-state index in [1.54, 1.807) is 30.3 Å². The van der Waals surface area contributed by atoms with Gasteiger partial charge in [0, 0.05) is 11.1 Å². The summed E-state index contributed by atoms with van der Waals surface area (Å²) in [7, 11) is 0. The molecule has 0 bridgehead atoms. The summed E-state index contributed by atoms with van der Waals surface area (Å²) in [6, 6.07) is 14.4. The Balaban J connectivity index is 2.28. The summed E-state index contributed by atoms with van der Waals surface area (Å²) in [5, 5.41) is 9.29. The second kappa shape index (κ2) is 4.74. The van der Waals surface area contributed by atoms with Crippen LogP contribution in [0.5, 0.6) is 0 Å². The molecule has 2 aromatic rings. The molecule has 1 heterocycles. The third-order valence-electron chi connectivity index (χ3n) is 3.82. The average Bonchev–Trinajstić information content (AvgIpc) is 2.74. The van der Waals surface area contributed by atoms with Crippen LogP contribution in [0.1, 0.15) is 33.5 Å². The predicted molar refractivity (Wildman–Crippen MR) is 76.1 cm³/mol. The number of carboxylic acids is 1. The summed E-state index contributed by atoms with van der Waals surface area (Å²) in [6.45, 7) is 1.82. The molecule has 1 unspecified atom stereocenters. The Kier molecular flexibility index (Phi) is 3.01. The molecule has 1 atom stereocenters. The average molecular weight is 282 g/mol. The van der Waals surface area contributed by atoms with Crippen molar-refractivity contribution < 1.29 is 19.4 Å². The van der Waals surface area contributed by atoms with Gasteiger partial charge in [-0.15, -0.1) is 0 Å². The first kappa shape index (κ1) is 13.4. The lowest BCUT2D eigenvalue weighted by Crippen LogP contribution is -2.31. The number of benzene rings is 2. The van der Waals surface area contributed by atoms with Crippen molar-refractivity contribution in [2.45, 2.75) is 18.9 Å². The van der Waals surface area contributed by atoms with Crippen LogP contribution >= 0.6 is 0 Å². The van der Waals surface area contributed by atoms with Gasteiger partial charge in [0.25, 0.3) is 0 Å². The van der Waals surface area contributed by atoms with Gasteiger partial charge in [0.15, 0.2) is 5.60 Å². The van der Waals surface area contributed by atoms with E-state index >= 15 is 0 Å². The van der Waals surface area contributed by atoms with E-state index in [4.69, 9.17) is 4.74 Å². The van der Waals surface area contributed by atoms with E-state index in [2.05, 4.69) is 0 Å². The van der Waals surface area contributed by atoms with E-state index in [-0.39, 0.29) is 6.42 Å². The molecule has 0 aromatic heterocycles. The third-order valence-corrected chi connectivity index (χ3v) is 3.82. The SMILES string of the molecule is Cc1cccc2c1C(=O)OC2(CC(=O)O)c1ccccc1. The van der Waals surface area contributed by atoms with Gasteiger partial charge in [-0.1, -0.05) is 48.5 Å². The highest BCUT2D eigenvalue weighted by Crippen LogP contribution is 2.45. The smallest absolute Gasteiger partial charge is 0.340 e.